The van der Waals surface area contributed by atoms with Gasteiger partial charge in [0.2, 0.25) is 11.8 Å². The highest BCUT2D eigenvalue weighted by Gasteiger charge is 2.61. The number of carbonyl (C=O) groups excluding carboxylic acids is 4. The number of nitrogens with one attached hydrogen (secondary N) is 3. The maximum absolute atomic E-state index is 14.8. The zero-order valence-electron chi connectivity index (χ0n) is 38.6. The van der Waals surface area contributed by atoms with Gasteiger partial charge in [0, 0.05) is 42.5 Å². The van der Waals surface area contributed by atoms with Crippen LogP contribution < -0.4 is 24.8 Å². The Morgan fingerprint density at radius 3 is 2.29 bits per heavy atom. The molecule has 0 spiro atoms. The van der Waals surface area contributed by atoms with Crippen LogP contribution in [0.2, 0.25) is 0 Å². The zero-order valence-corrected chi connectivity index (χ0v) is 40.2. The van der Waals surface area contributed by atoms with Gasteiger partial charge in [-0.3, -0.25) is 19.1 Å². The number of ether oxygens (including phenoxy) is 3. The number of hydrogen-bond acceptors (Lipinski definition) is 12. The summed E-state index contributed by atoms with van der Waals surface area (Å²) in [4.78, 5) is 63.2. The molecule has 1 saturated carbocycles. The lowest BCUT2D eigenvalue weighted by molar-refractivity contribution is -0.143. The first-order valence-corrected chi connectivity index (χ1v) is 23.8. The summed E-state index contributed by atoms with van der Waals surface area (Å²) >= 11 is 0.617. The predicted molar refractivity (Wildman–Crippen MR) is 247 cm³/mol. The van der Waals surface area contributed by atoms with Crippen molar-refractivity contribution in [3.63, 3.8) is 0 Å². The Labute approximate surface area is 395 Å². The molecule has 7 rings (SSSR count). The molecule has 2 fully saturated rings. The van der Waals surface area contributed by atoms with Crippen molar-refractivity contribution in [3.8, 4) is 33.3 Å². The highest BCUT2D eigenvalue weighted by atomic mass is 32.2. The van der Waals surface area contributed by atoms with Crippen molar-refractivity contribution in [3.05, 3.63) is 91.1 Å². The second-order valence-electron chi connectivity index (χ2n) is 18.8. The number of carbonyl (C=O) groups is 4. The Hall–Kier alpha value is -6.48. The van der Waals surface area contributed by atoms with E-state index in [-0.39, 0.29) is 34.2 Å². The fourth-order valence-corrected chi connectivity index (χ4v) is 10.4. The van der Waals surface area contributed by atoms with E-state index in [9.17, 15) is 40.8 Å². The van der Waals surface area contributed by atoms with Gasteiger partial charge in [-0.05, 0) is 62.9 Å². The third kappa shape index (κ3) is 10.5. The van der Waals surface area contributed by atoms with Crippen molar-refractivity contribution >= 4 is 56.1 Å². The summed E-state index contributed by atoms with van der Waals surface area (Å²) < 4.78 is 87.9. The molecule has 3 N–H and O–H groups in total. The van der Waals surface area contributed by atoms with E-state index >= 15 is 0 Å². The van der Waals surface area contributed by atoms with E-state index in [0.717, 1.165) is 22.4 Å². The molecule has 1 saturated heterocycles. The Balaban J connectivity index is 1.19. The third-order valence-electron chi connectivity index (χ3n) is 11.5. The standard InChI is InChI=1S/C47H52F3N7O9S2/c1-10-27-24-46(27,42(60)55-68(62,63)38-19-18-36(67-38)33-23-37(47(48,49)50)54-56(33)8)53-40(58)34-21-29(25-57(34)41(59)39(44(2,3)4)52-43(61)66-45(5,6)7)65-35-22-31(26-14-12-11-13-15-26)51-32-20-28(64-9)16-17-30(32)35/h10-20,22-23,27,29,34,39H,1,21,24-25H2,2-9H3,(H,52,61)(H,53,58)(H,55,60)/t27?,29-,34+,39-,46-/m1/s1. The van der Waals surface area contributed by atoms with Crippen LogP contribution in [-0.2, 0) is 42.4 Å². The summed E-state index contributed by atoms with van der Waals surface area (Å²) in [5, 5.41) is 9.53. The van der Waals surface area contributed by atoms with Crippen molar-refractivity contribution in [2.75, 3.05) is 13.7 Å². The topological polar surface area (TPSA) is 200 Å². The molecule has 0 bridgehead atoms. The van der Waals surface area contributed by atoms with Gasteiger partial charge >= 0.3 is 12.3 Å². The summed E-state index contributed by atoms with van der Waals surface area (Å²) in [6, 6.07) is 17.1. The molecular weight excluding hydrogens is 928 g/mol. The van der Waals surface area contributed by atoms with Gasteiger partial charge in [-0.25, -0.2) is 22.9 Å². The van der Waals surface area contributed by atoms with Gasteiger partial charge in [0.05, 0.1) is 35.4 Å². The largest absolute Gasteiger partial charge is 0.497 e. The minimum absolute atomic E-state index is 0.00493. The van der Waals surface area contributed by atoms with Gasteiger partial charge in [-0.15, -0.1) is 17.9 Å². The third-order valence-corrected chi connectivity index (χ3v) is 14.4. The average molecular weight is 980 g/mol. The van der Waals surface area contributed by atoms with E-state index in [0.29, 0.717) is 39.4 Å². The van der Waals surface area contributed by atoms with Gasteiger partial charge in [0.15, 0.2) is 5.69 Å². The van der Waals surface area contributed by atoms with Crippen LogP contribution in [0.4, 0.5) is 18.0 Å². The summed E-state index contributed by atoms with van der Waals surface area (Å²) in [5.41, 5.74) is -2.90. The number of rotatable bonds is 13. The molecule has 68 heavy (non-hydrogen) atoms. The lowest BCUT2D eigenvalue weighted by Gasteiger charge is -2.36. The first kappa shape index (κ1) is 49.4. The first-order chi connectivity index (χ1) is 31.7. The molecule has 16 nitrogen and oxygen atoms in total. The summed E-state index contributed by atoms with van der Waals surface area (Å²) in [6.45, 7) is 13.9. The maximum atomic E-state index is 14.8. The molecule has 0 radical (unpaired) electrons. The fourth-order valence-electron chi connectivity index (χ4n) is 7.99. The van der Waals surface area contributed by atoms with Crippen molar-refractivity contribution in [1.82, 2.24) is 35.0 Å². The number of halogens is 3. The van der Waals surface area contributed by atoms with Crippen LogP contribution in [0.3, 0.4) is 0 Å². The number of likely N-dealkylation sites (tertiary alicyclic amines) is 1. The smallest absolute Gasteiger partial charge is 0.435 e. The van der Waals surface area contributed by atoms with E-state index < -0.39 is 86.4 Å². The number of alkyl carbamates (subject to hydrolysis) is 1. The minimum Gasteiger partial charge on any atom is -0.497 e. The molecule has 5 atom stereocenters. The number of methoxy groups -OCH3 is 1. The number of nitrogens with zero attached hydrogens (tertiary/aromatic N) is 4. The van der Waals surface area contributed by atoms with E-state index in [4.69, 9.17) is 19.2 Å². The number of thiophene rings is 1. The average Bonchev–Trinajstić information content (AvgIpc) is 3.60. The monoisotopic (exact) mass is 979 g/mol. The lowest BCUT2D eigenvalue weighted by atomic mass is 9.85. The van der Waals surface area contributed by atoms with Crippen molar-refractivity contribution < 1.29 is 55.0 Å². The van der Waals surface area contributed by atoms with Crippen LogP contribution in [0.1, 0.15) is 60.1 Å². The first-order valence-electron chi connectivity index (χ1n) is 21.5. The van der Waals surface area contributed by atoms with Crippen molar-refractivity contribution in [2.45, 2.75) is 94.1 Å². The Bertz CT molecular complexity index is 2890. The highest BCUT2D eigenvalue weighted by Crippen LogP contribution is 2.46. The van der Waals surface area contributed by atoms with E-state index in [1.165, 1.54) is 31.2 Å². The molecule has 21 heteroatoms. The maximum Gasteiger partial charge on any atom is 0.435 e. The Morgan fingerprint density at radius 2 is 1.69 bits per heavy atom. The number of amides is 4. The quantitative estimate of drug-likeness (QED) is 0.100. The van der Waals surface area contributed by atoms with Gasteiger partial charge in [0.1, 0.15) is 45.0 Å². The predicted octanol–water partition coefficient (Wildman–Crippen LogP) is 7.24. The Kier molecular flexibility index (Phi) is 13.2. The normalized spacial score (nSPS) is 20.0. The number of pyridine rings is 1. The number of sulfonamides is 1. The van der Waals surface area contributed by atoms with E-state index in [1.54, 1.807) is 65.8 Å². The molecule has 2 aromatic carbocycles. The van der Waals surface area contributed by atoms with Crippen LogP contribution in [0.25, 0.3) is 32.7 Å². The van der Waals surface area contributed by atoms with Crippen molar-refractivity contribution in [2.24, 2.45) is 18.4 Å². The molecule has 3 aromatic heterocycles. The summed E-state index contributed by atoms with van der Waals surface area (Å²) in [6.07, 6.45) is -5.19. The molecule has 362 valence electrons. The van der Waals surface area contributed by atoms with Crippen LogP contribution >= 0.6 is 11.3 Å². The number of aryl methyl sites for hydroxylation is 1. The SMILES string of the molecule is C=CC1C[C@]1(NC(=O)[C@@H]1C[C@@H](Oc2cc(-c3ccccc3)nc3cc(OC)ccc23)CN1C(=O)[C@@H](NC(=O)OC(C)(C)C)C(C)(C)C)C(=O)NS(=O)(=O)c1ccc(-c2cc(C(F)(F)F)nn2C)s1. The van der Waals surface area contributed by atoms with Gasteiger partial charge in [0.25, 0.3) is 15.9 Å². The lowest BCUT2D eigenvalue weighted by Crippen LogP contribution is -2.60. The van der Waals surface area contributed by atoms with E-state index in [2.05, 4.69) is 22.3 Å². The van der Waals surface area contributed by atoms with E-state index in [1.807, 2.05) is 35.1 Å². The number of aromatic nitrogens is 3. The number of hydrogen-bond donors (Lipinski definition) is 3. The molecule has 1 aliphatic heterocycles. The van der Waals surface area contributed by atoms with Gasteiger partial charge in [-0.1, -0.05) is 57.2 Å². The summed E-state index contributed by atoms with van der Waals surface area (Å²) in [5.74, 6) is -2.34. The summed E-state index contributed by atoms with van der Waals surface area (Å²) in [7, 11) is -1.83. The number of fused-ring (bicyclic) bond motifs is 1. The van der Waals surface area contributed by atoms with Crippen LogP contribution in [-0.4, -0.2) is 94.9 Å². The zero-order chi connectivity index (χ0) is 49.7. The second-order valence-corrected chi connectivity index (χ2v) is 21.8. The Morgan fingerprint density at radius 1 is 0.985 bits per heavy atom. The fraction of sp³-hybridized carbons (Fsp3) is 0.404. The minimum atomic E-state index is -4.74. The molecule has 5 aromatic rings. The molecular formula is C47H52F3N7O9S2. The van der Waals surface area contributed by atoms with Crippen LogP contribution in [0.15, 0.2) is 89.7 Å². The molecule has 1 aliphatic carbocycles. The van der Waals surface area contributed by atoms with Crippen LogP contribution in [0, 0.1) is 11.3 Å². The van der Waals surface area contributed by atoms with Gasteiger partial charge in [-0.2, -0.15) is 18.3 Å². The molecule has 4 heterocycles. The van der Waals surface area contributed by atoms with Crippen LogP contribution in [0.5, 0.6) is 11.5 Å². The molecule has 1 unspecified atom stereocenters. The van der Waals surface area contributed by atoms with Gasteiger partial charge < -0.3 is 29.7 Å². The number of alkyl halides is 3. The molecule has 4 amide bonds. The molecule has 2 aliphatic rings. The highest BCUT2D eigenvalue weighted by molar-refractivity contribution is 7.92. The second kappa shape index (κ2) is 18.2. The van der Waals surface area contributed by atoms with Crippen molar-refractivity contribution in [1.29, 1.82) is 0 Å². The number of benzene rings is 2.